The van der Waals surface area contributed by atoms with Gasteiger partial charge in [0.05, 0.1) is 24.4 Å². The summed E-state index contributed by atoms with van der Waals surface area (Å²) in [7, 11) is 1.95. The van der Waals surface area contributed by atoms with Gasteiger partial charge in [0, 0.05) is 6.20 Å². The summed E-state index contributed by atoms with van der Waals surface area (Å²) < 4.78 is 5.58. The number of aromatic nitrogens is 1. The minimum Gasteiger partial charge on any atom is -0.370 e. The topological polar surface area (TPSA) is 34.1 Å². The van der Waals surface area contributed by atoms with Gasteiger partial charge in [0.15, 0.2) is 0 Å². The normalized spacial score (nSPS) is 25.0. The van der Waals surface area contributed by atoms with Crippen LogP contribution in [0.1, 0.15) is 30.3 Å². The highest BCUT2D eigenvalue weighted by Gasteiger charge is 2.24. The molecule has 0 saturated heterocycles. The maximum atomic E-state index is 5.58. The Morgan fingerprint density at radius 1 is 1.57 bits per heavy atom. The maximum Gasteiger partial charge on any atom is 0.0970 e. The van der Waals surface area contributed by atoms with E-state index >= 15 is 0 Å². The number of pyridine rings is 1. The molecule has 0 spiro atoms. The van der Waals surface area contributed by atoms with Gasteiger partial charge in [0.2, 0.25) is 0 Å². The van der Waals surface area contributed by atoms with E-state index in [0.717, 1.165) is 12.3 Å². The van der Waals surface area contributed by atoms with Crippen molar-refractivity contribution in [2.75, 3.05) is 13.7 Å². The fraction of sp³-hybridized carbons (Fsp3) is 0.500. The lowest BCUT2D eigenvalue weighted by molar-refractivity contribution is 0.0313. The summed E-state index contributed by atoms with van der Waals surface area (Å²) in [4.78, 5) is 4.33. The number of rotatable bonds is 1. The lowest BCUT2D eigenvalue weighted by Crippen LogP contribution is -2.29. The predicted octanol–water partition coefficient (Wildman–Crippen LogP) is 1.86. The van der Waals surface area contributed by atoms with E-state index in [-0.39, 0.29) is 18.5 Å². The number of halogens is 1. The summed E-state index contributed by atoms with van der Waals surface area (Å²) in [6.07, 6.45) is 1.94. The molecule has 2 atom stereocenters. The van der Waals surface area contributed by atoms with Crippen LogP contribution in [0.5, 0.6) is 0 Å². The lowest BCUT2D eigenvalue weighted by Gasteiger charge is -2.28. The van der Waals surface area contributed by atoms with Crippen molar-refractivity contribution in [1.29, 1.82) is 0 Å². The molecule has 14 heavy (non-hydrogen) atoms. The molecular formula is C10H15ClN2O. The van der Waals surface area contributed by atoms with E-state index in [2.05, 4.69) is 16.4 Å². The van der Waals surface area contributed by atoms with Crippen molar-refractivity contribution >= 4 is 12.4 Å². The van der Waals surface area contributed by atoms with Crippen molar-refractivity contribution in [1.82, 2.24) is 10.3 Å². The van der Waals surface area contributed by atoms with E-state index in [1.54, 1.807) is 0 Å². The molecule has 78 valence electrons. The minimum absolute atomic E-state index is 0. The molecule has 0 amide bonds. The third-order valence-corrected chi connectivity index (χ3v) is 2.49. The fourth-order valence-electron chi connectivity index (χ4n) is 1.71. The molecule has 1 aromatic heterocycles. The van der Waals surface area contributed by atoms with Crippen LogP contribution in [0.2, 0.25) is 0 Å². The monoisotopic (exact) mass is 214 g/mol. The Labute approximate surface area is 90.3 Å². The Bertz CT molecular complexity index is 306. The van der Waals surface area contributed by atoms with Gasteiger partial charge >= 0.3 is 0 Å². The molecular weight excluding hydrogens is 200 g/mol. The van der Waals surface area contributed by atoms with Gasteiger partial charge in [-0.1, -0.05) is 6.07 Å². The van der Waals surface area contributed by atoms with Crippen molar-refractivity contribution < 1.29 is 4.74 Å². The second kappa shape index (κ2) is 4.73. The number of hydrogen-bond donors (Lipinski definition) is 1. The first kappa shape index (κ1) is 11.4. The van der Waals surface area contributed by atoms with E-state index in [1.807, 2.05) is 26.2 Å². The summed E-state index contributed by atoms with van der Waals surface area (Å²) in [6.45, 7) is 2.77. The summed E-state index contributed by atoms with van der Waals surface area (Å²) in [5.41, 5.74) is 2.33. The van der Waals surface area contributed by atoms with Crippen LogP contribution in [-0.4, -0.2) is 18.6 Å². The van der Waals surface area contributed by atoms with E-state index in [9.17, 15) is 0 Å². The zero-order valence-corrected chi connectivity index (χ0v) is 9.17. The third kappa shape index (κ3) is 1.90. The highest BCUT2D eigenvalue weighted by molar-refractivity contribution is 5.85. The van der Waals surface area contributed by atoms with Gasteiger partial charge in [-0.2, -0.15) is 0 Å². The van der Waals surface area contributed by atoms with Gasteiger partial charge in [0.25, 0.3) is 0 Å². The first-order chi connectivity index (χ1) is 6.33. The number of nitrogens with zero attached hydrogens (tertiary/aromatic N) is 1. The molecule has 0 bridgehead atoms. The maximum absolute atomic E-state index is 5.58. The molecule has 2 heterocycles. The van der Waals surface area contributed by atoms with Crippen molar-refractivity contribution in [3.8, 4) is 0 Å². The van der Waals surface area contributed by atoms with Gasteiger partial charge in [-0.05, 0) is 25.6 Å². The number of hydrogen-bond acceptors (Lipinski definition) is 3. The minimum atomic E-state index is 0. The standard InChI is InChI=1S/C10H14N2O.ClH/c1-7-10-8(4-3-5-12-10)9(11-2)6-13-7;/h3-5,7,9,11H,6H2,1-2H3;1H/t7?,9-;/m1./s1. The Hall–Kier alpha value is -0.640. The quantitative estimate of drug-likeness (QED) is 0.775. The molecule has 0 fully saturated rings. The van der Waals surface area contributed by atoms with E-state index in [1.165, 1.54) is 5.56 Å². The van der Waals surface area contributed by atoms with Crippen LogP contribution in [0, 0.1) is 0 Å². The lowest BCUT2D eigenvalue weighted by atomic mass is 10.0. The fourth-order valence-corrected chi connectivity index (χ4v) is 1.71. The van der Waals surface area contributed by atoms with Crippen LogP contribution < -0.4 is 5.32 Å². The van der Waals surface area contributed by atoms with Crippen LogP contribution >= 0.6 is 12.4 Å². The van der Waals surface area contributed by atoms with Crippen molar-refractivity contribution in [2.45, 2.75) is 19.1 Å². The van der Waals surface area contributed by atoms with E-state index < -0.39 is 0 Å². The molecule has 1 aliphatic rings. The largest absolute Gasteiger partial charge is 0.370 e. The summed E-state index contributed by atoms with van der Waals surface area (Å²) >= 11 is 0. The zero-order valence-electron chi connectivity index (χ0n) is 8.36. The molecule has 1 N–H and O–H groups in total. The van der Waals surface area contributed by atoms with Crippen LogP contribution in [0.3, 0.4) is 0 Å². The predicted molar refractivity (Wildman–Crippen MR) is 57.7 cm³/mol. The van der Waals surface area contributed by atoms with Crippen molar-refractivity contribution in [3.63, 3.8) is 0 Å². The second-order valence-corrected chi connectivity index (χ2v) is 3.29. The smallest absolute Gasteiger partial charge is 0.0970 e. The molecule has 1 unspecified atom stereocenters. The number of nitrogens with one attached hydrogen (secondary N) is 1. The highest BCUT2D eigenvalue weighted by Crippen LogP contribution is 2.29. The number of ether oxygens (including phenoxy) is 1. The van der Waals surface area contributed by atoms with Crippen LogP contribution in [0.15, 0.2) is 18.3 Å². The molecule has 0 saturated carbocycles. The van der Waals surface area contributed by atoms with Gasteiger partial charge in [-0.25, -0.2) is 0 Å². The van der Waals surface area contributed by atoms with Crippen LogP contribution in [-0.2, 0) is 4.74 Å². The average Bonchev–Trinajstić information content (AvgIpc) is 2.19. The molecule has 1 aliphatic heterocycles. The first-order valence-electron chi connectivity index (χ1n) is 4.56. The SMILES string of the molecule is CN[C@@H]1COC(C)c2ncccc21.Cl. The number of likely N-dealkylation sites (N-methyl/N-ethyl adjacent to an activating group) is 1. The molecule has 0 aromatic carbocycles. The zero-order chi connectivity index (χ0) is 9.26. The van der Waals surface area contributed by atoms with Crippen LogP contribution in [0.4, 0.5) is 0 Å². The molecule has 3 nitrogen and oxygen atoms in total. The van der Waals surface area contributed by atoms with Crippen LogP contribution in [0.25, 0.3) is 0 Å². The molecule has 2 rings (SSSR count). The van der Waals surface area contributed by atoms with Gasteiger partial charge in [-0.15, -0.1) is 12.4 Å². The Morgan fingerprint density at radius 3 is 3.07 bits per heavy atom. The molecule has 1 aromatic rings. The Balaban J connectivity index is 0.000000980. The van der Waals surface area contributed by atoms with Gasteiger partial charge in [-0.3, -0.25) is 4.98 Å². The Kier molecular flexibility index (Phi) is 3.86. The molecule has 4 heteroatoms. The summed E-state index contributed by atoms with van der Waals surface area (Å²) in [5.74, 6) is 0. The van der Waals surface area contributed by atoms with Crippen molar-refractivity contribution in [2.24, 2.45) is 0 Å². The Morgan fingerprint density at radius 2 is 2.36 bits per heavy atom. The highest BCUT2D eigenvalue weighted by atomic mass is 35.5. The molecule has 0 radical (unpaired) electrons. The van der Waals surface area contributed by atoms with Gasteiger partial charge in [0.1, 0.15) is 0 Å². The van der Waals surface area contributed by atoms with E-state index in [0.29, 0.717) is 6.04 Å². The van der Waals surface area contributed by atoms with Crippen molar-refractivity contribution in [3.05, 3.63) is 29.6 Å². The summed E-state index contributed by atoms with van der Waals surface area (Å²) in [5, 5.41) is 3.22. The van der Waals surface area contributed by atoms with Gasteiger partial charge < -0.3 is 10.1 Å². The number of fused-ring (bicyclic) bond motifs is 1. The molecule has 0 aliphatic carbocycles. The van der Waals surface area contributed by atoms with E-state index in [4.69, 9.17) is 4.74 Å². The first-order valence-corrected chi connectivity index (χ1v) is 4.56. The summed E-state index contributed by atoms with van der Waals surface area (Å²) in [6, 6.07) is 4.38. The second-order valence-electron chi connectivity index (χ2n) is 3.29. The average molecular weight is 215 g/mol. The third-order valence-electron chi connectivity index (χ3n) is 2.49.